The maximum Gasteiger partial charge on any atom is 0.224 e. The quantitative estimate of drug-likeness (QED) is 0.574. The summed E-state index contributed by atoms with van der Waals surface area (Å²) in [6.07, 6.45) is 1.67. The summed E-state index contributed by atoms with van der Waals surface area (Å²) in [6, 6.07) is 13.2. The molecule has 0 saturated carbocycles. The number of amides is 1. The lowest BCUT2D eigenvalue weighted by Crippen LogP contribution is -2.36. The molecule has 1 saturated heterocycles. The smallest absolute Gasteiger partial charge is 0.224 e. The largest absolute Gasteiger partial charge is 0.379 e. The second-order valence-electron chi connectivity index (χ2n) is 7.66. The first-order chi connectivity index (χ1) is 15.6. The molecule has 4 rings (SSSR count). The van der Waals surface area contributed by atoms with Gasteiger partial charge in [0.05, 0.1) is 31.7 Å². The van der Waals surface area contributed by atoms with Crippen molar-refractivity contribution in [1.82, 2.24) is 20.2 Å². The van der Waals surface area contributed by atoms with Gasteiger partial charge in [-0.2, -0.15) is 4.39 Å². The topological polar surface area (TPSA) is 67.4 Å². The molecule has 2 heterocycles. The molecule has 0 aliphatic carbocycles. The number of hydrogen-bond acceptors (Lipinski definition) is 5. The molecule has 1 aliphatic rings. The van der Waals surface area contributed by atoms with E-state index in [0.717, 1.165) is 18.7 Å². The Morgan fingerprint density at radius 2 is 1.84 bits per heavy atom. The molecule has 32 heavy (non-hydrogen) atoms. The van der Waals surface area contributed by atoms with E-state index in [1.165, 1.54) is 18.3 Å². The molecule has 0 unspecified atom stereocenters. The van der Waals surface area contributed by atoms with E-state index in [9.17, 15) is 13.6 Å². The van der Waals surface area contributed by atoms with E-state index < -0.39 is 5.95 Å². The number of nitrogens with zero attached hydrogens (tertiary/aromatic N) is 3. The molecular weight excluding hydrogens is 414 g/mol. The van der Waals surface area contributed by atoms with Crippen LogP contribution in [0.3, 0.4) is 0 Å². The van der Waals surface area contributed by atoms with Crippen molar-refractivity contribution in [3.63, 3.8) is 0 Å². The molecule has 166 valence electrons. The van der Waals surface area contributed by atoms with E-state index in [0.29, 0.717) is 42.3 Å². The third-order valence-corrected chi connectivity index (χ3v) is 5.27. The summed E-state index contributed by atoms with van der Waals surface area (Å²) in [5, 5.41) is 2.77. The van der Waals surface area contributed by atoms with Gasteiger partial charge in [0, 0.05) is 25.8 Å². The molecule has 3 aromatic rings. The number of halogens is 2. The minimum Gasteiger partial charge on any atom is -0.379 e. The molecule has 1 fully saturated rings. The third-order valence-electron chi connectivity index (χ3n) is 5.27. The standard InChI is InChI=1S/C24H24F2N4O2/c25-20-3-1-2-18(12-20)14-28-23(31)13-17-4-6-19(7-5-17)21-15-27-22(29-24(21)26)16-30-8-10-32-11-9-30/h1-7,12,15H,8-11,13-14,16H2,(H,28,31). The van der Waals surface area contributed by atoms with Crippen LogP contribution in [-0.4, -0.2) is 47.1 Å². The first-order valence-corrected chi connectivity index (χ1v) is 10.5. The van der Waals surface area contributed by atoms with Crippen molar-refractivity contribution in [2.24, 2.45) is 0 Å². The highest BCUT2D eigenvalue weighted by Gasteiger charge is 2.15. The molecule has 1 amide bonds. The van der Waals surface area contributed by atoms with Gasteiger partial charge in [-0.05, 0) is 28.8 Å². The maximum absolute atomic E-state index is 14.6. The summed E-state index contributed by atoms with van der Waals surface area (Å²) in [6.45, 7) is 3.64. The SMILES string of the molecule is O=C(Cc1ccc(-c2cnc(CN3CCOCC3)nc2F)cc1)NCc1cccc(F)c1. The van der Waals surface area contributed by atoms with Gasteiger partial charge in [0.25, 0.3) is 0 Å². The zero-order valence-corrected chi connectivity index (χ0v) is 17.6. The average Bonchev–Trinajstić information content (AvgIpc) is 2.79. The Labute approximate surface area is 185 Å². The van der Waals surface area contributed by atoms with Crippen molar-refractivity contribution in [3.8, 4) is 11.1 Å². The Morgan fingerprint density at radius 1 is 1.06 bits per heavy atom. The van der Waals surface area contributed by atoms with Gasteiger partial charge in [0.15, 0.2) is 0 Å². The normalized spacial score (nSPS) is 14.3. The fourth-order valence-corrected chi connectivity index (χ4v) is 3.52. The van der Waals surface area contributed by atoms with E-state index in [1.807, 2.05) is 0 Å². The van der Waals surface area contributed by atoms with Gasteiger partial charge in [-0.15, -0.1) is 0 Å². The van der Waals surface area contributed by atoms with Gasteiger partial charge in [0.2, 0.25) is 11.9 Å². The van der Waals surface area contributed by atoms with Crippen LogP contribution in [0.15, 0.2) is 54.7 Å². The van der Waals surface area contributed by atoms with E-state index in [2.05, 4.69) is 20.2 Å². The summed E-state index contributed by atoms with van der Waals surface area (Å²) in [5.41, 5.74) is 2.44. The minimum absolute atomic E-state index is 0.174. The Kier molecular flexibility index (Phi) is 7.14. The first kappa shape index (κ1) is 22.0. The fourth-order valence-electron chi connectivity index (χ4n) is 3.52. The van der Waals surface area contributed by atoms with Crippen molar-refractivity contribution >= 4 is 5.91 Å². The second kappa shape index (κ2) is 10.4. The number of carbonyl (C=O) groups excluding carboxylic acids is 1. The van der Waals surface area contributed by atoms with E-state index in [4.69, 9.17) is 4.74 Å². The molecule has 1 aromatic heterocycles. The van der Waals surface area contributed by atoms with Crippen molar-refractivity contribution in [3.05, 3.63) is 83.4 Å². The zero-order valence-electron chi connectivity index (χ0n) is 17.6. The van der Waals surface area contributed by atoms with Gasteiger partial charge >= 0.3 is 0 Å². The van der Waals surface area contributed by atoms with Crippen molar-refractivity contribution in [2.45, 2.75) is 19.5 Å². The Balaban J connectivity index is 1.34. The second-order valence-corrected chi connectivity index (χ2v) is 7.66. The van der Waals surface area contributed by atoms with Crippen molar-refractivity contribution in [1.29, 1.82) is 0 Å². The van der Waals surface area contributed by atoms with E-state index in [1.54, 1.807) is 36.4 Å². The number of hydrogen-bond donors (Lipinski definition) is 1. The van der Waals surface area contributed by atoms with Crippen LogP contribution < -0.4 is 5.32 Å². The maximum atomic E-state index is 14.6. The molecular formula is C24H24F2N4O2. The zero-order chi connectivity index (χ0) is 22.3. The predicted octanol–water partition coefficient (Wildman–Crippen LogP) is 3.11. The van der Waals surface area contributed by atoms with Crippen molar-refractivity contribution in [2.75, 3.05) is 26.3 Å². The minimum atomic E-state index is -0.566. The molecule has 0 atom stereocenters. The monoisotopic (exact) mass is 438 g/mol. The molecule has 2 aromatic carbocycles. The summed E-state index contributed by atoms with van der Waals surface area (Å²) in [5.74, 6) is -0.634. The molecule has 0 spiro atoms. The molecule has 1 N–H and O–H groups in total. The average molecular weight is 438 g/mol. The summed E-state index contributed by atoms with van der Waals surface area (Å²) in [4.78, 5) is 22.7. The molecule has 6 nitrogen and oxygen atoms in total. The van der Waals surface area contributed by atoms with E-state index >= 15 is 0 Å². The summed E-state index contributed by atoms with van der Waals surface area (Å²) >= 11 is 0. The first-order valence-electron chi connectivity index (χ1n) is 10.5. The lowest BCUT2D eigenvalue weighted by Gasteiger charge is -2.25. The number of aromatic nitrogens is 2. The lowest BCUT2D eigenvalue weighted by molar-refractivity contribution is -0.120. The number of rotatable bonds is 7. The molecule has 8 heteroatoms. The van der Waals surface area contributed by atoms with E-state index in [-0.39, 0.29) is 24.7 Å². The summed E-state index contributed by atoms with van der Waals surface area (Å²) in [7, 11) is 0. The number of morpholine rings is 1. The van der Waals surface area contributed by atoms with Crippen LogP contribution in [-0.2, 0) is 29.0 Å². The van der Waals surface area contributed by atoms with Crippen LogP contribution in [0, 0.1) is 11.8 Å². The highest BCUT2D eigenvalue weighted by atomic mass is 19.1. The van der Waals surface area contributed by atoms with Gasteiger partial charge in [-0.25, -0.2) is 14.4 Å². The number of ether oxygens (including phenoxy) is 1. The van der Waals surface area contributed by atoms with Gasteiger partial charge < -0.3 is 10.1 Å². The summed E-state index contributed by atoms with van der Waals surface area (Å²) < 4.78 is 33.1. The van der Waals surface area contributed by atoms with Crippen LogP contribution in [0.25, 0.3) is 11.1 Å². The van der Waals surface area contributed by atoms with Crippen LogP contribution in [0.2, 0.25) is 0 Å². The Morgan fingerprint density at radius 3 is 2.56 bits per heavy atom. The number of carbonyl (C=O) groups is 1. The third kappa shape index (κ3) is 5.93. The highest BCUT2D eigenvalue weighted by Crippen LogP contribution is 2.22. The molecule has 0 bridgehead atoms. The van der Waals surface area contributed by atoms with Crippen LogP contribution in [0.1, 0.15) is 17.0 Å². The fraction of sp³-hybridized carbons (Fsp3) is 0.292. The van der Waals surface area contributed by atoms with Crippen LogP contribution in [0.5, 0.6) is 0 Å². The molecule has 0 radical (unpaired) electrons. The Bertz CT molecular complexity index is 1070. The Hall–Kier alpha value is -3.23. The van der Waals surface area contributed by atoms with Crippen LogP contribution >= 0.6 is 0 Å². The van der Waals surface area contributed by atoms with Crippen LogP contribution in [0.4, 0.5) is 8.78 Å². The highest BCUT2D eigenvalue weighted by molar-refractivity contribution is 5.78. The predicted molar refractivity (Wildman–Crippen MR) is 115 cm³/mol. The van der Waals surface area contributed by atoms with Gasteiger partial charge in [0.1, 0.15) is 11.6 Å². The number of nitrogens with one attached hydrogen (secondary N) is 1. The van der Waals surface area contributed by atoms with Crippen molar-refractivity contribution < 1.29 is 18.3 Å². The number of benzene rings is 2. The van der Waals surface area contributed by atoms with Gasteiger partial charge in [-0.1, -0.05) is 36.4 Å². The lowest BCUT2D eigenvalue weighted by atomic mass is 10.0. The molecule has 1 aliphatic heterocycles. The van der Waals surface area contributed by atoms with Gasteiger partial charge in [-0.3, -0.25) is 9.69 Å².